The van der Waals surface area contributed by atoms with Gasteiger partial charge in [0.15, 0.2) is 0 Å². The lowest BCUT2D eigenvalue weighted by Gasteiger charge is -2.13. The van der Waals surface area contributed by atoms with E-state index in [0.717, 1.165) is 10.6 Å². The van der Waals surface area contributed by atoms with E-state index in [1.165, 1.54) is 11.8 Å². The number of amides is 1. The van der Waals surface area contributed by atoms with Crippen LogP contribution in [0.5, 0.6) is 5.75 Å². The number of thioether (sulfide) groups is 1. The third kappa shape index (κ3) is 6.82. The zero-order valence-electron chi connectivity index (χ0n) is 12.3. The fourth-order valence-corrected chi connectivity index (χ4v) is 2.46. The summed E-state index contributed by atoms with van der Waals surface area (Å²) >= 11 is 1.46. The van der Waals surface area contributed by atoms with Crippen LogP contribution in [0.3, 0.4) is 0 Å². The maximum atomic E-state index is 11.7. The van der Waals surface area contributed by atoms with Gasteiger partial charge in [0.05, 0.1) is 19.0 Å². The molecule has 0 fully saturated rings. The number of carbonyl (C=O) groups is 1. The molecule has 0 aliphatic heterocycles. The molecule has 0 radical (unpaired) electrons. The number of hydrogen-bond acceptors (Lipinski definition) is 4. The van der Waals surface area contributed by atoms with Crippen molar-refractivity contribution in [1.29, 1.82) is 0 Å². The quantitative estimate of drug-likeness (QED) is 0.723. The molecule has 112 valence electrons. The van der Waals surface area contributed by atoms with Crippen molar-refractivity contribution in [2.24, 2.45) is 5.92 Å². The number of hydrogen-bond donors (Lipinski definition) is 2. The molecule has 1 amide bonds. The largest absolute Gasteiger partial charge is 0.497 e. The molecular formula is C15H23NO3S. The minimum absolute atomic E-state index is 0.0615. The molecule has 5 heteroatoms. The monoisotopic (exact) mass is 297 g/mol. The number of benzene rings is 1. The number of nitrogens with one attached hydrogen (secondary N) is 1. The van der Waals surface area contributed by atoms with Gasteiger partial charge < -0.3 is 15.2 Å². The van der Waals surface area contributed by atoms with Gasteiger partial charge in [0, 0.05) is 11.4 Å². The van der Waals surface area contributed by atoms with Crippen molar-refractivity contribution in [2.75, 3.05) is 19.4 Å². The van der Waals surface area contributed by atoms with Gasteiger partial charge in [0.25, 0.3) is 0 Å². The van der Waals surface area contributed by atoms with E-state index in [0.29, 0.717) is 24.6 Å². The predicted octanol–water partition coefficient (Wildman–Crippen LogP) is 2.31. The summed E-state index contributed by atoms with van der Waals surface area (Å²) in [7, 11) is 1.62. The fraction of sp³-hybridized carbons (Fsp3) is 0.533. The van der Waals surface area contributed by atoms with Gasteiger partial charge in [-0.1, -0.05) is 13.8 Å². The summed E-state index contributed by atoms with van der Waals surface area (Å²) in [6.07, 6.45) is 0.233. The Morgan fingerprint density at radius 3 is 2.55 bits per heavy atom. The average molecular weight is 297 g/mol. The highest BCUT2D eigenvalue weighted by Gasteiger charge is 2.09. The second-order valence-corrected chi connectivity index (χ2v) is 6.10. The zero-order valence-corrected chi connectivity index (χ0v) is 13.1. The van der Waals surface area contributed by atoms with Gasteiger partial charge >= 0.3 is 0 Å². The van der Waals surface area contributed by atoms with Crippen LogP contribution in [0.25, 0.3) is 0 Å². The highest BCUT2D eigenvalue weighted by atomic mass is 32.2. The SMILES string of the molecule is COc1ccc(SCC(=O)NCC(O)CC(C)C)cc1. The van der Waals surface area contributed by atoms with Crippen LogP contribution < -0.4 is 10.1 Å². The van der Waals surface area contributed by atoms with Crippen LogP contribution in [-0.4, -0.2) is 36.5 Å². The summed E-state index contributed by atoms with van der Waals surface area (Å²) < 4.78 is 5.07. The lowest BCUT2D eigenvalue weighted by atomic mass is 10.1. The Labute approximate surface area is 124 Å². The van der Waals surface area contributed by atoms with Crippen LogP contribution in [0.1, 0.15) is 20.3 Å². The minimum atomic E-state index is -0.468. The summed E-state index contributed by atoms with van der Waals surface area (Å²) in [4.78, 5) is 12.7. The number of rotatable bonds is 8. The Morgan fingerprint density at radius 1 is 1.35 bits per heavy atom. The molecule has 0 heterocycles. The van der Waals surface area contributed by atoms with Crippen LogP contribution in [-0.2, 0) is 4.79 Å². The molecule has 1 aromatic carbocycles. The second-order valence-electron chi connectivity index (χ2n) is 5.05. The fourth-order valence-electron chi connectivity index (χ4n) is 1.73. The summed E-state index contributed by atoms with van der Waals surface area (Å²) in [6.45, 7) is 4.41. The summed E-state index contributed by atoms with van der Waals surface area (Å²) in [5.74, 6) is 1.51. The van der Waals surface area contributed by atoms with Crippen molar-refractivity contribution in [3.63, 3.8) is 0 Å². The van der Waals surface area contributed by atoms with Crippen molar-refractivity contribution in [3.05, 3.63) is 24.3 Å². The van der Waals surface area contributed by atoms with Crippen LogP contribution in [0.4, 0.5) is 0 Å². The molecule has 2 N–H and O–H groups in total. The van der Waals surface area contributed by atoms with E-state index < -0.39 is 6.10 Å². The summed E-state index contributed by atoms with van der Waals surface area (Å²) in [5, 5.41) is 12.4. The van der Waals surface area contributed by atoms with Crippen molar-refractivity contribution < 1.29 is 14.6 Å². The molecule has 0 bridgehead atoms. The molecule has 0 saturated carbocycles. The second kappa shape index (κ2) is 8.87. The molecule has 0 aliphatic rings. The molecule has 20 heavy (non-hydrogen) atoms. The van der Waals surface area contributed by atoms with Crippen LogP contribution in [0.2, 0.25) is 0 Å². The standard InChI is InChI=1S/C15H23NO3S/c1-11(2)8-12(17)9-16-15(18)10-20-14-6-4-13(19-3)5-7-14/h4-7,11-12,17H,8-10H2,1-3H3,(H,16,18). The number of methoxy groups -OCH3 is 1. The third-order valence-electron chi connectivity index (χ3n) is 2.71. The highest BCUT2D eigenvalue weighted by Crippen LogP contribution is 2.20. The molecule has 0 spiro atoms. The van der Waals surface area contributed by atoms with Crippen molar-refractivity contribution in [2.45, 2.75) is 31.3 Å². The molecule has 1 aromatic rings. The van der Waals surface area contributed by atoms with E-state index in [2.05, 4.69) is 5.32 Å². The van der Waals surface area contributed by atoms with Crippen molar-refractivity contribution in [3.8, 4) is 5.75 Å². The number of aliphatic hydroxyl groups is 1. The third-order valence-corrected chi connectivity index (χ3v) is 3.72. The number of aliphatic hydroxyl groups excluding tert-OH is 1. The molecule has 0 saturated heterocycles. The summed E-state index contributed by atoms with van der Waals surface area (Å²) in [6, 6.07) is 7.58. The number of carbonyl (C=O) groups excluding carboxylic acids is 1. The van der Waals surface area contributed by atoms with E-state index in [-0.39, 0.29) is 5.91 Å². The Morgan fingerprint density at radius 2 is 2.00 bits per heavy atom. The van der Waals surface area contributed by atoms with Gasteiger partial charge in [-0.05, 0) is 36.6 Å². The van der Waals surface area contributed by atoms with E-state index in [9.17, 15) is 9.90 Å². The Hall–Kier alpha value is -1.20. The van der Waals surface area contributed by atoms with Crippen LogP contribution >= 0.6 is 11.8 Å². The van der Waals surface area contributed by atoms with Gasteiger partial charge in [-0.25, -0.2) is 0 Å². The van der Waals surface area contributed by atoms with Gasteiger partial charge in [0.1, 0.15) is 5.75 Å². The van der Waals surface area contributed by atoms with Gasteiger partial charge in [-0.15, -0.1) is 11.8 Å². The maximum absolute atomic E-state index is 11.7. The van der Waals surface area contributed by atoms with E-state index in [4.69, 9.17) is 4.74 Å². The van der Waals surface area contributed by atoms with E-state index in [1.807, 2.05) is 38.1 Å². The van der Waals surface area contributed by atoms with Crippen molar-refractivity contribution in [1.82, 2.24) is 5.32 Å². The van der Waals surface area contributed by atoms with E-state index >= 15 is 0 Å². The maximum Gasteiger partial charge on any atom is 0.230 e. The van der Waals surface area contributed by atoms with Gasteiger partial charge in [-0.2, -0.15) is 0 Å². The lowest BCUT2D eigenvalue weighted by Crippen LogP contribution is -2.33. The molecular weight excluding hydrogens is 274 g/mol. The normalized spacial score (nSPS) is 12.2. The Bertz CT molecular complexity index is 406. The van der Waals surface area contributed by atoms with Gasteiger partial charge in [-0.3, -0.25) is 4.79 Å². The van der Waals surface area contributed by atoms with Crippen LogP contribution in [0, 0.1) is 5.92 Å². The topological polar surface area (TPSA) is 58.6 Å². The first-order chi connectivity index (χ1) is 9.51. The Kier molecular flexibility index (Phi) is 7.47. The minimum Gasteiger partial charge on any atom is -0.497 e. The van der Waals surface area contributed by atoms with E-state index in [1.54, 1.807) is 7.11 Å². The average Bonchev–Trinajstić information content (AvgIpc) is 2.42. The first kappa shape index (κ1) is 16.9. The molecule has 1 atom stereocenters. The highest BCUT2D eigenvalue weighted by molar-refractivity contribution is 8.00. The molecule has 1 unspecified atom stereocenters. The lowest BCUT2D eigenvalue weighted by molar-refractivity contribution is -0.119. The molecule has 4 nitrogen and oxygen atoms in total. The van der Waals surface area contributed by atoms with Crippen molar-refractivity contribution >= 4 is 17.7 Å². The first-order valence-electron chi connectivity index (χ1n) is 6.73. The first-order valence-corrected chi connectivity index (χ1v) is 7.71. The van der Waals surface area contributed by atoms with Gasteiger partial charge in [0.2, 0.25) is 5.91 Å². The molecule has 0 aliphatic carbocycles. The molecule has 1 rings (SSSR count). The molecule has 0 aromatic heterocycles. The summed E-state index contributed by atoms with van der Waals surface area (Å²) in [5.41, 5.74) is 0. The predicted molar refractivity (Wildman–Crippen MR) is 82.2 cm³/mol. The smallest absolute Gasteiger partial charge is 0.230 e. The Balaban J connectivity index is 2.25. The number of ether oxygens (including phenoxy) is 1. The van der Waals surface area contributed by atoms with Crippen LogP contribution in [0.15, 0.2) is 29.2 Å². The zero-order chi connectivity index (χ0) is 15.0.